The number of hydrogen-bond acceptors (Lipinski definition) is 0. The number of fused-ring (bicyclic) bond motifs is 15. The third-order valence-corrected chi connectivity index (χ3v) is 9.49. The molecule has 0 radical (unpaired) electrons. The van der Waals surface area contributed by atoms with E-state index in [4.69, 9.17) is 0 Å². The summed E-state index contributed by atoms with van der Waals surface area (Å²) in [6, 6.07) is 45.3. The molecule has 4 aromatic heterocycles. The van der Waals surface area contributed by atoms with Gasteiger partial charge in [-0.25, -0.2) is 0 Å². The minimum absolute atomic E-state index is 1.28. The van der Waals surface area contributed by atoms with E-state index in [1.54, 1.807) is 0 Å². The summed E-state index contributed by atoms with van der Waals surface area (Å²) in [5, 5.41) is 15.8. The van der Waals surface area contributed by atoms with E-state index in [9.17, 15) is 0 Å². The molecule has 4 heterocycles. The third-order valence-electron chi connectivity index (χ3n) is 9.49. The molecule has 40 heavy (non-hydrogen) atoms. The first-order chi connectivity index (χ1) is 19.8. The maximum atomic E-state index is 2.52. The first kappa shape index (κ1) is 19.7. The number of aromatic nitrogens is 2. The van der Waals surface area contributed by atoms with Crippen LogP contribution < -0.4 is 0 Å². The van der Waals surface area contributed by atoms with Crippen LogP contribution in [0.5, 0.6) is 0 Å². The largest absolute Gasteiger partial charge is 0.308 e. The fraction of sp³-hybridized carbons (Fsp3) is 0. The Hall–Kier alpha value is -5.34. The molecule has 0 aliphatic carbocycles. The summed E-state index contributed by atoms with van der Waals surface area (Å²) in [4.78, 5) is 0. The van der Waals surface area contributed by atoms with Crippen LogP contribution in [0.1, 0.15) is 0 Å². The van der Waals surface area contributed by atoms with E-state index in [1.165, 1.54) is 97.7 Å². The zero-order chi connectivity index (χ0) is 25.7. The van der Waals surface area contributed by atoms with Gasteiger partial charge in [-0.2, -0.15) is 0 Å². The van der Waals surface area contributed by atoms with Gasteiger partial charge in [0.2, 0.25) is 0 Å². The van der Waals surface area contributed by atoms with E-state index < -0.39 is 0 Å². The van der Waals surface area contributed by atoms with Crippen molar-refractivity contribution >= 4 is 97.7 Å². The minimum Gasteiger partial charge on any atom is -0.308 e. The number of rotatable bonds is 0. The average molecular weight is 505 g/mol. The molecule has 2 nitrogen and oxygen atoms in total. The Morgan fingerprint density at radius 3 is 1.68 bits per heavy atom. The zero-order valence-electron chi connectivity index (χ0n) is 21.4. The second-order valence-electron chi connectivity index (χ2n) is 11.4. The highest BCUT2D eigenvalue weighted by Crippen LogP contribution is 2.46. The molecule has 0 unspecified atom stereocenters. The van der Waals surface area contributed by atoms with Gasteiger partial charge in [-0.3, -0.25) is 0 Å². The molecule has 0 spiro atoms. The highest BCUT2D eigenvalue weighted by atomic mass is 14.9. The molecule has 0 aliphatic heterocycles. The molecule has 0 amide bonds. The van der Waals surface area contributed by atoms with E-state index in [0.717, 1.165) is 0 Å². The monoisotopic (exact) mass is 504 g/mol. The predicted octanol–water partition coefficient (Wildman–Crippen LogP) is 10.3. The third kappa shape index (κ3) is 2.07. The van der Waals surface area contributed by atoms with Crippen LogP contribution in [0.4, 0.5) is 0 Å². The summed E-state index contributed by atoms with van der Waals surface area (Å²) in [6.45, 7) is 0. The summed E-state index contributed by atoms with van der Waals surface area (Å²) in [5.74, 6) is 0. The van der Waals surface area contributed by atoms with Crippen molar-refractivity contribution in [2.24, 2.45) is 0 Å². The van der Waals surface area contributed by atoms with Crippen LogP contribution in [-0.2, 0) is 0 Å². The van der Waals surface area contributed by atoms with Crippen molar-refractivity contribution in [2.75, 3.05) is 0 Å². The Morgan fingerprint density at radius 1 is 0.300 bits per heavy atom. The van der Waals surface area contributed by atoms with Gasteiger partial charge >= 0.3 is 0 Å². The highest BCUT2D eigenvalue weighted by Gasteiger charge is 2.23. The minimum atomic E-state index is 1.28. The van der Waals surface area contributed by atoms with Gasteiger partial charge in [0.1, 0.15) is 0 Å². The predicted molar refractivity (Wildman–Crippen MR) is 171 cm³/mol. The molecule has 7 aromatic carbocycles. The molecule has 0 saturated heterocycles. The highest BCUT2D eigenvalue weighted by molar-refractivity contribution is 6.33. The number of para-hydroxylation sites is 2. The van der Waals surface area contributed by atoms with Crippen molar-refractivity contribution in [3.05, 3.63) is 121 Å². The van der Waals surface area contributed by atoms with Crippen LogP contribution in [0.25, 0.3) is 97.7 Å². The lowest BCUT2D eigenvalue weighted by Crippen LogP contribution is -1.84. The molecule has 0 atom stereocenters. The van der Waals surface area contributed by atoms with Gasteiger partial charge in [0.25, 0.3) is 0 Å². The zero-order valence-corrected chi connectivity index (χ0v) is 21.4. The van der Waals surface area contributed by atoms with E-state index >= 15 is 0 Å². The number of nitrogens with zero attached hydrogens (tertiary/aromatic N) is 2. The molecule has 0 aliphatic rings. The number of hydrogen-bond donors (Lipinski definition) is 0. The SMILES string of the molecule is c1ccc2cc3c(cc2c1)c1cccc2c4cc5c6cc7ccccc7c7c8ccccc8n(c5cc4n3c12)c67. The summed E-state index contributed by atoms with van der Waals surface area (Å²) in [6.07, 6.45) is 0. The topological polar surface area (TPSA) is 8.82 Å². The first-order valence-electron chi connectivity index (χ1n) is 14.0. The van der Waals surface area contributed by atoms with Crippen molar-refractivity contribution in [2.45, 2.75) is 0 Å². The summed E-state index contributed by atoms with van der Waals surface area (Å²) in [5.41, 5.74) is 7.77. The van der Waals surface area contributed by atoms with E-state index in [-0.39, 0.29) is 0 Å². The van der Waals surface area contributed by atoms with Crippen LogP contribution in [0.15, 0.2) is 121 Å². The normalized spacial score (nSPS) is 13.0. The summed E-state index contributed by atoms with van der Waals surface area (Å²) in [7, 11) is 0. The van der Waals surface area contributed by atoms with Crippen LogP contribution in [-0.4, -0.2) is 8.80 Å². The van der Waals surface area contributed by atoms with Crippen molar-refractivity contribution in [3.8, 4) is 0 Å². The van der Waals surface area contributed by atoms with Gasteiger partial charge in [0, 0.05) is 43.1 Å². The molecule has 0 saturated carbocycles. The van der Waals surface area contributed by atoms with E-state index in [1.807, 2.05) is 0 Å². The lowest BCUT2D eigenvalue weighted by molar-refractivity contribution is 1.35. The smallest absolute Gasteiger partial charge is 0.0626 e. The maximum absolute atomic E-state index is 2.52. The standard InChI is InChI=1S/C38H20N2/c1-2-9-22-18-33-28(16-21(22)8-1)25-13-7-14-26-29-19-30-31-17-23-10-3-4-11-24(23)36-27-12-5-6-15-32(27)39(38(31)36)35(30)20-34(29)40(33)37(25)26/h1-20H. The molecule has 0 N–H and O–H groups in total. The Bertz CT molecular complexity index is 2860. The van der Waals surface area contributed by atoms with Crippen LogP contribution in [0, 0.1) is 0 Å². The van der Waals surface area contributed by atoms with Crippen molar-refractivity contribution in [3.63, 3.8) is 0 Å². The van der Waals surface area contributed by atoms with Gasteiger partial charge in [-0.15, -0.1) is 0 Å². The van der Waals surface area contributed by atoms with Crippen LogP contribution in [0.2, 0.25) is 0 Å². The van der Waals surface area contributed by atoms with Crippen LogP contribution >= 0.6 is 0 Å². The first-order valence-corrected chi connectivity index (χ1v) is 14.0. The molecule has 11 aromatic rings. The van der Waals surface area contributed by atoms with E-state index in [0.29, 0.717) is 0 Å². The van der Waals surface area contributed by atoms with Gasteiger partial charge in [0.15, 0.2) is 0 Å². The molecule has 0 bridgehead atoms. The Balaban J connectivity index is 1.44. The van der Waals surface area contributed by atoms with Crippen LogP contribution in [0.3, 0.4) is 0 Å². The second-order valence-corrected chi connectivity index (χ2v) is 11.4. The molecular formula is C38H20N2. The summed E-state index contributed by atoms with van der Waals surface area (Å²) >= 11 is 0. The van der Waals surface area contributed by atoms with Gasteiger partial charge in [-0.05, 0) is 57.9 Å². The Kier molecular flexibility index (Phi) is 3.17. The maximum Gasteiger partial charge on any atom is 0.0626 e. The second kappa shape index (κ2) is 6.44. The fourth-order valence-corrected chi connectivity index (χ4v) is 7.90. The Morgan fingerprint density at radius 2 is 0.850 bits per heavy atom. The number of benzene rings is 7. The van der Waals surface area contributed by atoms with Gasteiger partial charge in [0.05, 0.1) is 33.1 Å². The van der Waals surface area contributed by atoms with Crippen molar-refractivity contribution in [1.82, 2.24) is 8.80 Å². The molecule has 0 fully saturated rings. The molecule has 11 rings (SSSR count). The van der Waals surface area contributed by atoms with Gasteiger partial charge < -0.3 is 8.80 Å². The van der Waals surface area contributed by atoms with Crippen molar-refractivity contribution in [1.29, 1.82) is 0 Å². The van der Waals surface area contributed by atoms with E-state index in [2.05, 4.69) is 130 Å². The Labute approximate surface area is 227 Å². The van der Waals surface area contributed by atoms with Crippen molar-refractivity contribution < 1.29 is 0 Å². The lowest BCUT2D eigenvalue weighted by Gasteiger charge is -2.04. The molecule has 182 valence electrons. The fourth-order valence-electron chi connectivity index (χ4n) is 7.90. The van der Waals surface area contributed by atoms with Gasteiger partial charge in [-0.1, -0.05) is 84.9 Å². The quantitative estimate of drug-likeness (QED) is 0.194. The lowest BCUT2D eigenvalue weighted by atomic mass is 9.99. The average Bonchev–Trinajstić information content (AvgIpc) is 3.71. The molecular weight excluding hydrogens is 484 g/mol. The summed E-state index contributed by atoms with van der Waals surface area (Å²) < 4.78 is 5.04. The molecule has 2 heteroatoms.